The number of carbonyl (C=O) groups excluding carboxylic acids is 2. The van der Waals surface area contributed by atoms with Gasteiger partial charge >= 0.3 is 0 Å². The zero-order valence-corrected chi connectivity index (χ0v) is 15.2. The first-order valence-electron chi connectivity index (χ1n) is 8.64. The van der Waals surface area contributed by atoms with Gasteiger partial charge in [0, 0.05) is 36.1 Å². The maximum Gasteiger partial charge on any atom is 0.247 e. The van der Waals surface area contributed by atoms with Gasteiger partial charge in [0.25, 0.3) is 0 Å². The van der Waals surface area contributed by atoms with Crippen molar-refractivity contribution in [3.8, 4) is 0 Å². The Balaban J connectivity index is 1.83. The fourth-order valence-corrected chi connectivity index (χ4v) is 3.15. The second kappa shape index (κ2) is 7.44. The summed E-state index contributed by atoms with van der Waals surface area (Å²) in [6.07, 6.45) is 2.31. The van der Waals surface area contributed by atoms with Crippen LogP contribution in [0.2, 0.25) is 0 Å². The van der Waals surface area contributed by atoms with E-state index in [1.165, 1.54) is 6.92 Å². The molecule has 3 aromatic rings. The van der Waals surface area contributed by atoms with Crippen LogP contribution in [0.1, 0.15) is 23.6 Å². The zero-order valence-electron chi connectivity index (χ0n) is 15.2. The number of amides is 2. The van der Waals surface area contributed by atoms with Crippen LogP contribution in [0.25, 0.3) is 10.9 Å². The SMILES string of the molecule is CC(=O)NC(Cc1c[nH]c2ccccc12)C(=O)Nc1ccc(C)cc1C. The van der Waals surface area contributed by atoms with Gasteiger partial charge in [0.15, 0.2) is 0 Å². The number of aryl methyl sites for hydroxylation is 2. The van der Waals surface area contributed by atoms with Crippen LogP contribution in [0.4, 0.5) is 5.69 Å². The summed E-state index contributed by atoms with van der Waals surface area (Å²) in [5.74, 6) is -0.456. The zero-order chi connectivity index (χ0) is 18.7. The molecular weight excluding hydrogens is 326 g/mol. The molecule has 0 aliphatic rings. The lowest BCUT2D eigenvalue weighted by Crippen LogP contribution is -2.44. The predicted octanol–water partition coefficient (Wildman–Crippen LogP) is 3.47. The van der Waals surface area contributed by atoms with E-state index in [9.17, 15) is 9.59 Å². The van der Waals surface area contributed by atoms with Gasteiger partial charge < -0.3 is 15.6 Å². The van der Waals surface area contributed by atoms with E-state index in [-0.39, 0.29) is 11.8 Å². The van der Waals surface area contributed by atoms with Crippen molar-refractivity contribution in [1.29, 1.82) is 0 Å². The Kier molecular flexibility index (Phi) is 5.07. The summed E-state index contributed by atoms with van der Waals surface area (Å²) in [4.78, 5) is 27.6. The van der Waals surface area contributed by atoms with Crippen molar-refractivity contribution in [2.45, 2.75) is 33.2 Å². The molecule has 0 saturated heterocycles. The standard InChI is InChI=1S/C21H23N3O2/c1-13-8-9-18(14(2)10-13)24-21(26)20(23-15(3)25)11-16-12-22-19-7-5-4-6-17(16)19/h4-10,12,20,22H,11H2,1-3H3,(H,23,25)(H,24,26). The third-order valence-electron chi connectivity index (χ3n) is 4.43. The third kappa shape index (κ3) is 3.94. The highest BCUT2D eigenvalue weighted by Gasteiger charge is 2.22. The highest BCUT2D eigenvalue weighted by atomic mass is 16.2. The highest BCUT2D eigenvalue weighted by Crippen LogP contribution is 2.20. The van der Waals surface area contributed by atoms with Gasteiger partial charge in [0.05, 0.1) is 0 Å². The number of benzene rings is 2. The van der Waals surface area contributed by atoms with E-state index in [1.807, 2.05) is 62.5 Å². The van der Waals surface area contributed by atoms with Crippen LogP contribution >= 0.6 is 0 Å². The molecule has 2 aromatic carbocycles. The molecule has 3 rings (SSSR count). The van der Waals surface area contributed by atoms with Crippen molar-refractivity contribution in [2.24, 2.45) is 0 Å². The van der Waals surface area contributed by atoms with Gasteiger partial charge in [-0.25, -0.2) is 0 Å². The first-order chi connectivity index (χ1) is 12.4. The Morgan fingerprint density at radius 3 is 2.62 bits per heavy atom. The number of hydrogen-bond acceptors (Lipinski definition) is 2. The molecule has 1 heterocycles. The minimum Gasteiger partial charge on any atom is -0.361 e. The van der Waals surface area contributed by atoms with Crippen molar-refractivity contribution in [1.82, 2.24) is 10.3 Å². The summed E-state index contributed by atoms with van der Waals surface area (Å²) in [5, 5.41) is 6.77. The molecule has 5 nitrogen and oxygen atoms in total. The van der Waals surface area contributed by atoms with Crippen molar-refractivity contribution >= 4 is 28.4 Å². The van der Waals surface area contributed by atoms with E-state index in [1.54, 1.807) is 0 Å². The van der Waals surface area contributed by atoms with Gasteiger partial charge in [-0.2, -0.15) is 0 Å². The minimum absolute atomic E-state index is 0.225. The number of nitrogens with one attached hydrogen (secondary N) is 3. The first-order valence-corrected chi connectivity index (χ1v) is 8.64. The topological polar surface area (TPSA) is 74.0 Å². The van der Waals surface area contributed by atoms with Crippen molar-refractivity contribution < 1.29 is 9.59 Å². The van der Waals surface area contributed by atoms with Crippen LogP contribution in [0.5, 0.6) is 0 Å². The van der Waals surface area contributed by atoms with Crippen LogP contribution in [0, 0.1) is 13.8 Å². The number of aromatic nitrogens is 1. The predicted molar refractivity (Wildman–Crippen MR) is 104 cm³/mol. The highest BCUT2D eigenvalue weighted by molar-refractivity contribution is 5.98. The normalized spacial score (nSPS) is 12.0. The smallest absolute Gasteiger partial charge is 0.247 e. The van der Waals surface area contributed by atoms with Crippen LogP contribution in [0.3, 0.4) is 0 Å². The van der Waals surface area contributed by atoms with Crippen LogP contribution in [-0.4, -0.2) is 22.8 Å². The summed E-state index contributed by atoms with van der Waals surface area (Å²) in [5.41, 5.74) is 4.90. The van der Waals surface area contributed by atoms with Crippen LogP contribution in [-0.2, 0) is 16.0 Å². The number of carbonyl (C=O) groups is 2. The van der Waals surface area contributed by atoms with Gasteiger partial charge in [-0.3, -0.25) is 9.59 Å². The number of H-pyrrole nitrogens is 1. The second-order valence-corrected chi connectivity index (χ2v) is 6.62. The number of hydrogen-bond donors (Lipinski definition) is 3. The maximum absolute atomic E-state index is 12.8. The largest absolute Gasteiger partial charge is 0.361 e. The summed E-state index contributed by atoms with van der Waals surface area (Å²) in [7, 11) is 0. The molecule has 0 spiro atoms. The lowest BCUT2D eigenvalue weighted by molar-refractivity contribution is -0.125. The molecule has 1 aromatic heterocycles. The lowest BCUT2D eigenvalue weighted by atomic mass is 10.0. The summed E-state index contributed by atoms with van der Waals surface area (Å²) >= 11 is 0. The average molecular weight is 349 g/mol. The van der Waals surface area contributed by atoms with Crippen molar-refractivity contribution in [3.05, 3.63) is 65.4 Å². The molecule has 0 saturated carbocycles. The number of para-hydroxylation sites is 1. The number of anilines is 1. The molecule has 3 N–H and O–H groups in total. The Hall–Kier alpha value is -3.08. The lowest BCUT2D eigenvalue weighted by Gasteiger charge is -2.18. The monoisotopic (exact) mass is 349 g/mol. The molecule has 0 fully saturated rings. The molecule has 1 unspecified atom stereocenters. The van der Waals surface area contributed by atoms with Crippen molar-refractivity contribution in [2.75, 3.05) is 5.32 Å². The Labute approximate surface area is 152 Å². The molecule has 1 atom stereocenters. The fourth-order valence-electron chi connectivity index (χ4n) is 3.15. The molecule has 0 bridgehead atoms. The molecule has 0 aliphatic heterocycles. The Bertz CT molecular complexity index is 959. The third-order valence-corrected chi connectivity index (χ3v) is 4.43. The molecule has 26 heavy (non-hydrogen) atoms. The summed E-state index contributed by atoms with van der Waals surface area (Å²) < 4.78 is 0. The summed E-state index contributed by atoms with van der Waals surface area (Å²) in [6, 6.07) is 13.1. The minimum atomic E-state index is -0.646. The quantitative estimate of drug-likeness (QED) is 0.660. The van der Waals surface area contributed by atoms with E-state index in [2.05, 4.69) is 15.6 Å². The van der Waals surface area contributed by atoms with E-state index in [0.717, 1.165) is 33.3 Å². The molecular formula is C21H23N3O2. The number of fused-ring (bicyclic) bond motifs is 1. The van der Waals surface area contributed by atoms with Gasteiger partial charge in [0.1, 0.15) is 6.04 Å². The van der Waals surface area contributed by atoms with Gasteiger partial charge in [-0.05, 0) is 37.1 Å². The van der Waals surface area contributed by atoms with E-state index >= 15 is 0 Å². The Morgan fingerprint density at radius 1 is 1.12 bits per heavy atom. The van der Waals surface area contributed by atoms with Crippen LogP contribution in [0.15, 0.2) is 48.7 Å². The van der Waals surface area contributed by atoms with Gasteiger partial charge in [-0.15, -0.1) is 0 Å². The van der Waals surface area contributed by atoms with Gasteiger partial charge in [0.2, 0.25) is 11.8 Å². The number of rotatable bonds is 5. The first kappa shape index (κ1) is 17.7. The average Bonchev–Trinajstić information content (AvgIpc) is 2.99. The molecule has 134 valence electrons. The summed E-state index contributed by atoms with van der Waals surface area (Å²) in [6.45, 7) is 5.39. The Morgan fingerprint density at radius 2 is 1.88 bits per heavy atom. The van der Waals surface area contributed by atoms with Crippen LogP contribution < -0.4 is 10.6 Å². The number of aromatic amines is 1. The molecule has 0 aliphatic carbocycles. The second-order valence-electron chi connectivity index (χ2n) is 6.62. The van der Waals surface area contributed by atoms with Gasteiger partial charge in [-0.1, -0.05) is 35.9 Å². The van der Waals surface area contributed by atoms with Crippen molar-refractivity contribution in [3.63, 3.8) is 0 Å². The van der Waals surface area contributed by atoms with E-state index < -0.39 is 6.04 Å². The van der Waals surface area contributed by atoms with E-state index in [4.69, 9.17) is 0 Å². The molecule has 0 radical (unpaired) electrons. The maximum atomic E-state index is 12.8. The van der Waals surface area contributed by atoms with E-state index in [0.29, 0.717) is 6.42 Å². The molecule has 5 heteroatoms. The fraction of sp³-hybridized carbons (Fsp3) is 0.238. The molecule has 2 amide bonds.